The molecule has 1 heterocycles. The van der Waals surface area contributed by atoms with Crippen LogP contribution in [0.15, 0.2) is 16.8 Å². The van der Waals surface area contributed by atoms with Crippen molar-refractivity contribution in [2.45, 2.75) is 32.2 Å². The van der Waals surface area contributed by atoms with Gasteiger partial charge in [0.15, 0.2) is 0 Å². The van der Waals surface area contributed by atoms with Crippen molar-refractivity contribution in [3.63, 3.8) is 0 Å². The van der Waals surface area contributed by atoms with Gasteiger partial charge in [0.1, 0.15) is 9.84 Å². The minimum absolute atomic E-state index is 0.0831. The summed E-state index contributed by atoms with van der Waals surface area (Å²) in [6.07, 6.45) is 1.62. The molecule has 2 atom stereocenters. The van der Waals surface area contributed by atoms with E-state index in [2.05, 4.69) is 22.9 Å². The van der Waals surface area contributed by atoms with Crippen LogP contribution < -0.4 is 10.6 Å². The van der Waals surface area contributed by atoms with E-state index in [9.17, 15) is 13.2 Å². The number of hydrogen-bond acceptors (Lipinski definition) is 4. The normalized spacial score (nSPS) is 14.6. The van der Waals surface area contributed by atoms with Crippen LogP contribution in [0, 0.1) is 0 Å². The monoisotopic (exact) mass is 318 g/mol. The zero-order valence-corrected chi connectivity index (χ0v) is 13.7. The van der Waals surface area contributed by atoms with E-state index >= 15 is 0 Å². The number of thiophene rings is 1. The first-order valence-electron chi connectivity index (χ1n) is 6.52. The van der Waals surface area contributed by atoms with E-state index in [1.165, 1.54) is 11.8 Å². The molecule has 0 fully saturated rings. The summed E-state index contributed by atoms with van der Waals surface area (Å²) < 4.78 is 22.1. The molecule has 0 unspecified atom stereocenters. The second-order valence-corrected chi connectivity index (χ2v) is 8.17. The molecule has 0 aliphatic heterocycles. The van der Waals surface area contributed by atoms with Gasteiger partial charge in [0.2, 0.25) is 0 Å². The molecule has 2 amide bonds. The largest absolute Gasteiger partial charge is 0.338 e. The first-order chi connectivity index (χ1) is 9.28. The van der Waals surface area contributed by atoms with Gasteiger partial charge in [-0.15, -0.1) is 0 Å². The second-order valence-electron chi connectivity index (χ2n) is 5.13. The number of hydrogen-bond donors (Lipinski definition) is 2. The lowest BCUT2D eigenvalue weighted by Gasteiger charge is -2.16. The molecular weight excluding hydrogens is 296 g/mol. The van der Waals surface area contributed by atoms with E-state index < -0.39 is 9.84 Å². The van der Waals surface area contributed by atoms with Gasteiger partial charge in [-0.25, -0.2) is 13.2 Å². The van der Waals surface area contributed by atoms with Crippen molar-refractivity contribution >= 4 is 27.2 Å². The van der Waals surface area contributed by atoms with Crippen molar-refractivity contribution in [2.75, 3.05) is 18.6 Å². The fourth-order valence-corrected chi connectivity index (χ4v) is 3.22. The topological polar surface area (TPSA) is 75.3 Å². The third-order valence-corrected chi connectivity index (χ3v) is 4.66. The van der Waals surface area contributed by atoms with Gasteiger partial charge in [-0.2, -0.15) is 11.3 Å². The van der Waals surface area contributed by atoms with Crippen LogP contribution in [-0.2, 0) is 9.84 Å². The minimum Gasteiger partial charge on any atom is -0.338 e. The summed E-state index contributed by atoms with van der Waals surface area (Å²) >= 11 is 1.64. The first kappa shape index (κ1) is 17.0. The van der Waals surface area contributed by atoms with Crippen molar-refractivity contribution in [1.29, 1.82) is 0 Å². The Kier molecular flexibility index (Phi) is 6.48. The van der Waals surface area contributed by atoms with Crippen molar-refractivity contribution in [1.82, 2.24) is 10.6 Å². The maximum atomic E-state index is 11.7. The van der Waals surface area contributed by atoms with Crippen LogP contribution >= 0.6 is 11.3 Å². The van der Waals surface area contributed by atoms with Gasteiger partial charge in [0.05, 0.1) is 5.75 Å². The number of amides is 2. The van der Waals surface area contributed by atoms with Crippen molar-refractivity contribution in [3.05, 3.63) is 22.4 Å². The molecule has 0 saturated heterocycles. The molecule has 1 aromatic heterocycles. The Balaban J connectivity index is 2.26. The van der Waals surface area contributed by atoms with E-state index in [-0.39, 0.29) is 23.7 Å². The minimum atomic E-state index is -2.98. The molecule has 5 nitrogen and oxygen atoms in total. The molecule has 0 spiro atoms. The summed E-state index contributed by atoms with van der Waals surface area (Å²) in [5.41, 5.74) is 1.21. The SMILES string of the molecule is C[C@H](CCS(C)(=O)=O)NC(=O)NC[C@H](C)c1ccsc1. The Morgan fingerprint density at radius 3 is 2.65 bits per heavy atom. The zero-order valence-electron chi connectivity index (χ0n) is 12.0. The van der Waals surface area contributed by atoms with Crippen molar-refractivity contribution < 1.29 is 13.2 Å². The molecule has 0 bridgehead atoms. The van der Waals surface area contributed by atoms with Crippen LogP contribution in [0.25, 0.3) is 0 Å². The fraction of sp³-hybridized carbons (Fsp3) is 0.615. The van der Waals surface area contributed by atoms with Gasteiger partial charge >= 0.3 is 6.03 Å². The van der Waals surface area contributed by atoms with Gasteiger partial charge in [0, 0.05) is 18.8 Å². The summed E-state index contributed by atoms with van der Waals surface area (Å²) in [6, 6.07) is 1.62. The predicted molar refractivity (Wildman–Crippen MR) is 83.1 cm³/mol. The van der Waals surface area contributed by atoms with Gasteiger partial charge < -0.3 is 10.6 Å². The molecule has 7 heteroatoms. The number of nitrogens with one attached hydrogen (secondary N) is 2. The Hall–Kier alpha value is -1.08. The second kappa shape index (κ2) is 7.64. The Morgan fingerprint density at radius 2 is 2.10 bits per heavy atom. The van der Waals surface area contributed by atoms with Gasteiger partial charge in [-0.3, -0.25) is 0 Å². The molecule has 0 aromatic carbocycles. The average Bonchev–Trinajstić information content (AvgIpc) is 2.86. The third kappa shape index (κ3) is 6.91. The highest BCUT2D eigenvalue weighted by Crippen LogP contribution is 2.16. The quantitative estimate of drug-likeness (QED) is 0.807. The van der Waals surface area contributed by atoms with Crippen LogP contribution in [-0.4, -0.2) is 39.0 Å². The van der Waals surface area contributed by atoms with Crippen LogP contribution in [0.3, 0.4) is 0 Å². The number of rotatable bonds is 7. The molecular formula is C13H22N2O3S2. The number of urea groups is 1. The standard InChI is InChI=1S/C13H22N2O3S2/c1-10(12-4-6-19-9-12)8-14-13(16)15-11(2)5-7-20(3,17)18/h4,6,9-11H,5,7-8H2,1-3H3,(H2,14,15,16)/t10-,11+/m0/s1. The molecule has 1 rings (SSSR count). The van der Waals surface area contributed by atoms with E-state index in [0.29, 0.717) is 13.0 Å². The lowest BCUT2D eigenvalue weighted by atomic mass is 10.1. The predicted octanol–water partition coefficient (Wildman–Crippen LogP) is 1.97. The van der Waals surface area contributed by atoms with Crippen molar-refractivity contribution in [3.8, 4) is 0 Å². The van der Waals surface area contributed by atoms with E-state index in [4.69, 9.17) is 0 Å². The molecule has 114 valence electrons. The fourth-order valence-electron chi connectivity index (χ4n) is 1.66. The van der Waals surface area contributed by atoms with Gasteiger partial charge in [-0.1, -0.05) is 6.92 Å². The van der Waals surface area contributed by atoms with Crippen LogP contribution in [0.4, 0.5) is 4.79 Å². The highest BCUT2D eigenvalue weighted by Gasteiger charge is 2.12. The Morgan fingerprint density at radius 1 is 1.40 bits per heavy atom. The van der Waals surface area contributed by atoms with Gasteiger partial charge in [0.25, 0.3) is 0 Å². The summed E-state index contributed by atoms with van der Waals surface area (Å²) in [4.78, 5) is 11.7. The van der Waals surface area contributed by atoms with Crippen LogP contribution in [0.2, 0.25) is 0 Å². The lowest BCUT2D eigenvalue weighted by molar-refractivity contribution is 0.237. The van der Waals surface area contributed by atoms with Crippen LogP contribution in [0.5, 0.6) is 0 Å². The summed E-state index contributed by atoms with van der Waals surface area (Å²) in [6.45, 7) is 4.41. The van der Waals surface area contributed by atoms with Gasteiger partial charge in [-0.05, 0) is 41.7 Å². The number of sulfone groups is 1. The summed E-state index contributed by atoms with van der Waals surface area (Å²) in [5, 5.41) is 9.63. The third-order valence-electron chi connectivity index (χ3n) is 2.98. The lowest BCUT2D eigenvalue weighted by Crippen LogP contribution is -2.42. The molecule has 0 aliphatic rings. The van der Waals surface area contributed by atoms with Crippen LogP contribution in [0.1, 0.15) is 31.7 Å². The Labute approximate surface area is 124 Å². The van der Waals surface area contributed by atoms with E-state index in [0.717, 1.165) is 0 Å². The molecule has 1 aromatic rings. The molecule has 0 saturated carbocycles. The average molecular weight is 318 g/mol. The molecule has 20 heavy (non-hydrogen) atoms. The smallest absolute Gasteiger partial charge is 0.315 e. The molecule has 2 N–H and O–H groups in total. The molecule has 0 aliphatic carbocycles. The maximum Gasteiger partial charge on any atom is 0.315 e. The summed E-state index contributed by atoms with van der Waals surface area (Å²) in [7, 11) is -2.98. The number of carbonyl (C=O) groups is 1. The first-order valence-corrected chi connectivity index (χ1v) is 9.52. The summed E-state index contributed by atoms with van der Waals surface area (Å²) in [5.74, 6) is 0.345. The van der Waals surface area contributed by atoms with E-state index in [1.807, 2.05) is 11.4 Å². The highest BCUT2D eigenvalue weighted by atomic mass is 32.2. The van der Waals surface area contributed by atoms with E-state index in [1.54, 1.807) is 18.3 Å². The highest BCUT2D eigenvalue weighted by molar-refractivity contribution is 7.90. The van der Waals surface area contributed by atoms with Crippen molar-refractivity contribution in [2.24, 2.45) is 0 Å². The number of carbonyl (C=O) groups excluding carboxylic acids is 1. The molecule has 0 radical (unpaired) electrons. The maximum absolute atomic E-state index is 11.7. The Bertz CT molecular complexity index is 512. The zero-order chi connectivity index (χ0) is 15.2.